The number of hydrogen-bond acceptors (Lipinski definition) is 4. The number of thiophene rings is 1. The van der Waals surface area contributed by atoms with Crippen molar-refractivity contribution in [1.29, 1.82) is 0 Å². The molecule has 2 aromatic carbocycles. The first-order valence-electron chi connectivity index (χ1n) is 8.93. The van der Waals surface area contributed by atoms with Gasteiger partial charge in [-0.05, 0) is 40.8 Å². The maximum Gasteiger partial charge on any atom is 0.329 e. The van der Waals surface area contributed by atoms with Crippen LogP contribution in [-0.2, 0) is 9.59 Å². The van der Waals surface area contributed by atoms with Crippen LogP contribution >= 0.6 is 11.3 Å². The Bertz CT molecular complexity index is 1090. The number of amides is 4. The number of para-hydroxylation sites is 1. The summed E-state index contributed by atoms with van der Waals surface area (Å²) in [5.74, 6) is -0.962. The van der Waals surface area contributed by atoms with Crippen molar-refractivity contribution in [3.8, 4) is 11.1 Å². The molecule has 7 heteroatoms. The standard InChI is InChI=1S/C22H17N3O3S/c26-20(23-17-9-5-2-6-10-17)13-25-21(27)19(24-22(25)28)12-18-11-16(14-29-18)15-7-3-1-4-8-15/h1-12,14H,13H2,(H,23,26)(H,24,28). The van der Waals surface area contributed by atoms with Gasteiger partial charge in [0.2, 0.25) is 5.91 Å². The van der Waals surface area contributed by atoms with Gasteiger partial charge in [0.25, 0.3) is 5.91 Å². The van der Waals surface area contributed by atoms with Gasteiger partial charge in [-0.1, -0.05) is 48.5 Å². The van der Waals surface area contributed by atoms with Crippen LogP contribution in [0.1, 0.15) is 4.88 Å². The minimum Gasteiger partial charge on any atom is -0.325 e. The lowest BCUT2D eigenvalue weighted by atomic mass is 10.1. The molecule has 2 N–H and O–H groups in total. The molecule has 1 aliphatic rings. The van der Waals surface area contributed by atoms with Crippen molar-refractivity contribution in [2.75, 3.05) is 11.9 Å². The molecule has 0 atom stereocenters. The van der Waals surface area contributed by atoms with E-state index in [1.54, 1.807) is 30.3 Å². The van der Waals surface area contributed by atoms with E-state index in [-0.39, 0.29) is 12.2 Å². The molecule has 6 nitrogen and oxygen atoms in total. The van der Waals surface area contributed by atoms with Crippen LogP contribution in [0.25, 0.3) is 17.2 Å². The van der Waals surface area contributed by atoms with E-state index in [0.29, 0.717) is 5.69 Å². The van der Waals surface area contributed by atoms with E-state index in [4.69, 9.17) is 0 Å². The third-order valence-electron chi connectivity index (χ3n) is 4.34. The lowest BCUT2D eigenvalue weighted by molar-refractivity contribution is -0.127. The van der Waals surface area contributed by atoms with Crippen LogP contribution in [-0.4, -0.2) is 29.3 Å². The number of nitrogens with zero attached hydrogens (tertiary/aromatic N) is 1. The number of urea groups is 1. The lowest BCUT2D eigenvalue weighted by Crippen LogP contribution is -2.38. The maximum atomic E-state index is 12.6. The van der Waals surface area contributed by atoms with Crippen molar-refractivity contribution >= 4 is 40.9 Å². The molecule has 1 aliphatic heterocycles. The van der Waals surface area contributed by atoms with E-state index >= 15 is 0 Å². The lowest BCUT2D eigenvalue weighted by Gasteiger charge is -2.11. The largest absolute Gasteiger partial charge is 0.329 e. The Labute approximate surface area is 171 Å². The van der Waals surface area contributed by atoms with Gasteiger partial charge in [0.1, 0.15) is 12.2 Å². The van der Waals surface area contributed by atoms with Gasteiger partial charge in [-0.25, -0.2) is 9.69 Å². The Hall–Kier alpha value is -3.71. The molecule has 1 fully saturated rings. The predicted molar refractivity (Wildman–Crippen MR) is 113 cm³/mol. The monoisotopic (exact) mass is 403 g/mol. The third-order valence-corrected chi connectivity index (χ3v) is 5.21. The summed E-state index contributed by atoms with van der Waals surface area (Å²) >= 11 is 1.47. The van der Waals surface area contributed by atoms with Gasteiger partial charge >= 0.3 is 6.03 Å². The second-order valence-corrected chi connectivity index (χ2v) is 7.34. The van der Waals surface area contributed by atoms with E-state index in [1.807, 2.05) is 47.8 Å². The first-order valence-corrected chi connectivity index (χ1v) is 9.81. The molecule has 2 heterocycles. The van der Waals surface area contributed by atoms with Crippen LogP contribution in [0.15, 0.2) is 77.8 Å². The van der Waals surface area contributed by atoms with Gasteiger partial charge in [-0.3, -0.25) is 9.59 Å². The number of imide groups is 1. The van der Waals surface area contributed by atoms with E-state index < -0.39 is 17.8 Å². The van der Waals surface area contributed by atoms with Crippen LogP contribution in [0.3, 0.4) is 0 Å². The summed E-state index contributed by atoms with van der Waals surface area (Å²) in [5.41, 5.74) is 2.88. The van der Waals surface area contributed by atoms with Crippen LogP contribution in [0.2, 0.25) is 0 Å². The molecular formula is C22H17N3O3S. The maximum absolute atomic E-state index is 12.6. The smallest absolute Gasteiger partial charge is 0.325 e. The quantitative estimate of drug-likeness (QED) is 0.500. The molecule has 0 saturated carbocycles. The Kier molecular flexibility index (Phi) is 5.22. The minimum absolute atomic E-state index is 0.156. The van der Waals surface area contributed by atoms with Crippen molar-refractivity contribution < 1.29 is 14.4 Å². The summed E-state index contributed by atoms with van der Waals surface area (Å²) in [6, 6.07) is 20.1. The SMILES string of the molecule is O=C(CN1C(=O)NC(=Cc2cc(-c3ccccc3)cs2)C1=O)Nc1ccccc1. The fraction of sp³-hybridized carbons (Fsp3) is 0.0455. The van der Waals surface area contributed by atoms with Gasteiger partial charge in [-0.2, -0.15) is 0 Å². The number of rotatable bonds is 5. The zero-order valence-corrected chi connectivity index (χ0v) is 16.1. The van der Waals surface area contributed by atoms with Crippen molar-refractivity contribution in [3.63, 3.8) is 0 Å². The van der Waals surface area contributed by atoms with Gasteiger partial charge in [0.05, 0.1) is 0 Å². The fourth-order valence-corrected chi connectivity index (χ4v) is 3.78. The number of carbonyl (C=O) groups excluding carboxylic acids is 3. The van der Waals surface area contributed by atoms with Gasteiger partial charge in [0, 0.05) is 10.6 Å². The number of anilines is 1. The average molecular weight is 403 g/mol. The number of benzene rings is 2. The van der Waals surface area contributed by atoms with Crippen molar-refractivity contribution in [3.05, 3.63) is 82.7 Å². The van der Waals surface area contributed by atoms with Gasteiger partial charge < -0.3 is 10.6 Å². The highest BCUT2D eigenvalue weighted by Gasteiger charge is 2.35. The number of nitrogens with one attached hydrogen (secondary N) is 2. The van der Waals surface area contributed by atoms with Gasteiger partial charge in [0.15, 0.2) is 0 Å². The highest BCUT2D eigenvalue weighted by atomic mass is 32.1. The number of hydrogen-bond donors (Lipinski definition) is 2. The molecule has 0 radical (unpaired) electrons. The molecule has 144 valence electrons. The number of carbonyl (C=O) groups is 3. The van der Waals surface area contributed by atoms with Crippen LogP contribution < -0.4 is 10.6 Å². The summed E-state index contributed by atoms with van der Waals surface area (Å²) in [4.78, 5) is 38.7. The Morgan fingerprint density at radius 3 is 2.41 bits per heavy atom. The molecule has 1 saturated heterocycles. The fourth-order valence-electron chi connectivity index (χ4n) is 2.93. The summed E-state index contributed by atoms with van der Waals surface area (Å²) < 4.78 is 0. The highest BCUT2D eigenvalue weighted by Crippen LogP contribution is 2.27. The highest BCUT2D eigenvalue weighted by molar-refractivity contribution is 7.11. The molecule has 3 aromatic rings. The van der Waals surface area contributed by atoms with Crippen LogP contribution in [0, 0.1) is 0 Å². The summed E-state index contributed by atoms with van der Waals surface area (Å²) in [6.07, 6.45) is 1.63. The molecule has 4 amide bonds. The molecular weight excluding hydrogens is 386 g/mol. The molecule has 29 heavy (non-hydrogen) atoms. The third kappa shape index (κ3) is 4.25. The second-order valence-electron chi connectivity index (χ2n) is 6.40. The Balaban J connectivity index is 1.45. The van der Waals surface area contributed by atoms with Crippen molar-refractivity contribution in [1.82, 2.24) is 10.2 Å². The summed E-state index contributed by atoms with van der Waals surface area (Å²) in [5, 5.41) is 7.21. The Morgan fingerprint density at radius 2 is 1.69 bits per heavy atom. The molecule has 1 aromatic heterocycles. The second kappa shape index (κ2) is 8.12. The molecule has 0 unspecified atom stereocenters. The zero-order chi connectivity index (χ0) is 20.2. The topological polar surface area (TPSA) is 78.5 Å². The van der Waals surface area contributed by atoms with E-state index in [0.717, 1.165) is 20.9 Å². The van der Waals surface area contributed by atoms with E-state index in [2.05, 4.69) is 10.6 Å². The minimum atomic E-state index is -0.607. The molecule has 0 bridgehead atoms. The average Bonchev–Trinajstić information content (AvgIpc) is 3.30. The molecule has 0 aliphatic carbocycles. The summed E-state index contributed by atoms with van der Waals surface area (Å²) in [7, 11) is 0. The van der Waals surface area contributed by atoms with Crippen LogP contribution in [0.4, 0.5) is 10.5 Å². The van der Waals surface area contributed by atoms with Crippen molar-refractivity contribution in [2.45, 2.75) is 0 Å². The van der Waals surface area contributed by atoms with Crippen molar-refractivity contribution in [2.24, 2.45) is 0 Å². The van der Waals surface area contributed by atoms with Crippen LogP contribution in [0.5, 0.6) is 0 Å². The normalized spacial score (nSPS) is 14.9. The first-order chi connectivity index (χ1) is 14.1. The molecule has 4 rings (SSSR count). The first kappa shape index (κ1) is 18.6. The van der Waals surface area contributed by atoms with E-state index in [1.165, 1.54) is 11.3 Å². The van der Waals surface area contributed by atoms with E-state index in [9.17, 15) is 14.4 Å². The van der Waals surface area contributed by atoms with Gasteiger partial charge in [-0.15, -0.1) is 11.3 Å². The Morgan fingerprint density at radius 1 is 1.00 bits per heavy atom. The summed E-state index contributed by atoms with van der Waals surface area (Å²) in [6.45, 7) is -0.351. The molecule has 0 spiro atoms. The predicted octanol–water partition coefficient (Wildman–Crippen LogP) is 3.95. The zero-order valence-electron chi connectivity index (χ0n) is 15.3.